The Morgan fingerprint density at radius 3 is 2.62 bits per heavy atom. The number of esters is 1. The van der Waals surface area contributed by atoms with Crippen LogP contribution in [0.5, 0.6) is 11.6 Å². The van der Waals surface area contributed by atoms with Gasteiger partial charge >= 0.3 is 5.97 Å². The smallest absolute Gasteiger partial charge is 0.374 e. The summed E-state index contributed by atoms with van der Waals surface area (Å²) in [6.07, 6.45) is 1.56. The van der Waals surface area contributed by atoms with Crippen molar-refractivity contribution < 1.29 is 14.3 Å². The number of halogens is 2. The molecule has 0 aliphatic heterocycles. The Hall–Kier alpha value is -2.09. The zero-order chi connectivity index (χ0) is 18.7. The minimum atomic E-state index is -0.508. The number of ether oxygens (including phenoxy) is 2. The first-order valence-corrected chi connectivity index (χ1v) is 9.32. The molecule has 0 bridgehead atoms. The number of nitrogens with zero attached hydrogens (tertiary/aromatic N) is 3. The van der Waals surface area contributed by atoms with Crippen LogP contribution in [-0.2, 0) is 6.54 Å². The molecule has 0 N–H and O–H groups in total. The summed E-state index contributed by atoms with van der Waals surface area (Å²) >= 11 is 13.1. The van der Waals surface area contributed by atoms with Crippen LogP contribution in [0.2, 0.25) is 10.0 Å². The fourth-order valence-electron chi connectivity index (χ4n) is 2.25. The van der Waals surface area contributed by atoms with E-state index in [4.69, 9.17) is 32.7 Å². The van der Waals surface area contributed by atoms with Crippen LogP contribution in [0.15, 0.2) is 29.8 Å². The topological polar surface area (TPSA) is 66.2 Å². The van der Waals surface area contributed by atoms with Crippen molar-refractivity contribution in [3.8, 4) is 11.6 Å². The highest BCUT2D eigenvalue weighted by Crippen LogP contribution is 2.25. The first kappa shape index (κ1) is 18.7. The van der Waals surface area contributed by atoms with Crippen molar-refractivity contribution in [3.63, 3.8) is 0 Å². The van der Waals surface area contributed by atoms with Crippen LogP contribution < -0.4 is 9.47 Å². The molecule has 0 atom stereocenters. The fraction of sp³-hybridized carbons (Fsp3) is 0.235. The number of hydrogen-bond acceptors (Lipinski definition) is 6. The van der Waals surface area contributed by atoms with E-state index in [1.807, 2.05) is 13.8 Å². The number of carbonyl (C=O) groups excluding carboxylic acids is 1. The van der Waals surface area contributed by atoms with Crippen LogP contribution in [0.1, 0.15) is 21.1 Å². The van der Waals surface area contributed by atoms with Gasteiger partial charge in [0.2, 0.25) is 10.9 Å². The third-order valence-corrected chi connectivity index (χ3v) is 4.76. The summed E-state index contributed by atoms with van der Waals surface area (Å²) in [6, 6.07) is 4.99. The molecular formula is C17H15Cl2N3O3S. The van der Waals surface area contributed by atoms with Gasteiger partial charge in [0.15, 0.2) is 0 Å². The lowest BCUT2D eigenvalue weighted by molar-refractivity contribution is 0.0714. The Labute approximate surface area is 164 Å². The molecule has 0 spiro atoms. The van der Waals surface area contributed by atoms with Gasteiger partial charge in [0.05, 0.1) is 12.2 Å². The van der Waals surface area contributed by atoms with Gasteiger partial charge in [-0.05, 0) is 32.0 Å². The molecule has 0 amide bonds. The second-order valence-corrected chi connectivity index (χ2v) is 7.19. The summed E-state index contributed by atoms with van der Waals surface area (Å²) in [7, 11) is 0. The highest BCUT2D eigenvalue weighted by Gasteiger charge is 2.19. The number of hydrogen-bond donors (Lipinski definition) is 0. The maximum absolute atomic E-state index is 12.2. The number of rotatable bonds is 6. The minimum Gasteiger partial charge on any atom is -0.492 e. The van der Waals surface area contributed by atoms with E-state index in [1.165, 1.54) is 11.3 Å². The van der Waals surface area contributed by atoms with Gasteiger partial charge in [-0.1, -0.05) is 23.2 Å². The average molecular weight is 412 g/mol. The van der Waals surface area contributed by atoms with Crippen LogP contribution in [0.4, 0.5) is 0 Å². The Bertz CT molecular complexity index is 905. The zero-order valence-electron chi connectivity index (χ0n) is 14.0. The molecule has 0 aliphatic rings. The van der Waals surface area contributed by atoms with E-state index in [0.717, 1.165) is 11.3 Å². The van der Waals surface area contributed by atoms with Crippen molar-refractivity contribution in [2.45, 2.75) is 20.4 Å². The second kappa shape index (κ2) is 8.07. The molecule has 0 saturated carbocycles. The van der Waals surface area contributed by atoms with E-state index in [9.17, 15) is 4.79 Å². The summed E-state index contributed by atoms with van der Waals surface area (Å²) in [5.41, 5.74) is 1.57. The SMILES string of the molecule is Cc1nn(CCOc2cc(Cl)cc(Cl)c2)c(OC(=O)c2nccs2)c1C. The Kier molecular flexibility index (Phi) is 5.80. The lowest BCUT2D eigenvalue weighted by atomic mass is 10.3. The highest BCUT2D eigenvalue weighted by molar-refractivity contribution is 7.11. The standard InChI is InChI=1S/C17H15Cl2N3O3S/c1-10-11(2)21-22(16(10)25-17(23)15-20-3-6-26-15)4-5-24-14-8-12(18)7-13(19)9-14/h3,6-9H,4-5H2,1-2H3. The maximum atomic E-state index is 12.2. The van der Waals surface area contributed by atoms with E-state index >= 15 is 0 Å². The molecule has 136 valence electrons. The molecule has 3 rings (SSSR count). The quantitative estimate of drug-likeness (QED) is 0.556. The molecule has 0 aliphatic carbocycles. The molecule has 0 radical (unpaired) electrons. The Morgan fingerprint density at radius 2 is 1.96 bits per heavy atom. The summed E-state index contributed by atoms with van der Waals surface area (Å²) in [4.78, 5) is 16.1. The zero-order valence-corrected chi connectivity index (χ0v) is 16.4. The van der Waals surface area contributed by atoms with E-state index in [2.05, 4.69) is 10.1 Å². The molecule has 0 saturated heterocycles. The summed E-state index contributed by atoms with van der Waals surface area (Å²) in [5, 5.41) is 7.40. The normalized spacial score (nSPS) is 10.8. The maximum Gasteiger partial charge on any atom is 0.374 e. The lowest BCUT2D eigenvalue weighted by Crippen LogP contribution is -2.15. The molecule has 6 nitrogen and oxygen atoms in total. The van der Waals surface area contributed by atoms with Gasteiger partial charge in [-0.2, -0.15) is 5.10 Å². The molecule has 2 heterocycles. The van der Waals surface area contributed by atoms with Gasteiger partial charge in [-0.15, -0.1) is 11.3 Å². The van der Waals surface area contributed by atoms with Gasteiger partial charge in [-0.3, -0.25) is 0 Å². The monoisotopic (exact) mass is 411 g/mol. The number of aromatic nitrogens is 3. The van der Waals surface area contributed by atoms with E-state index in [0.29, 0.717) is 39.8 Å². The molecule has 1 aromatic carbocycles. The van der Waals surface area contributed by atoms with Gasteiger partial charge in [0, 0.05) is 27.2 Å². The van der Waals surface area contributed by atoms with Crippen molar-refractivity contribution in [3.05, 3.63) is 56.1 Å². The molecule has 0 fully saturated rings. The van der Waals surface area contributed by atoms with E-state index < -0.39 is 5.97 Å². The Morgan fingerprint density at radius 1 is 1.23 bits per heavy atom. The third kappa shape index (κ3) is 4.35. The summed E-state index contributed by atoms with van der Waals surface area (Å²) in [5.74, 6) is 0.437. The largest absolute Gasteiger partial charge is 0.492 e. The predicted molar refractivity (Wildman–Crippen MR) is 101 cm³/mol. The minimum absolute atomic E-state index is 0.291. The molecule has 26 heavy (non-hydrogen) atoms. The van der Waals surface area contributed by atoms with Crippen LogP contribution in [0.3, 0.4) is 0 Å². The van der Waals surface area contributed by atoms with Crippen LogP contribution in [0, 0.1) is 13.8 Å². The third-order valence-electron chi connectivity index (χ3n) is 3.57. The van der Waals surface area contributed by atoms with Crippen molar-refractivity contribution in [2.75, 3.05) is 6.61 Å². The van der Waals surface area contributed by atoms with Crippen molar-refractivity contribution in [1.82, 2.24) is 14.8 Å². The van der Waals surface area contributed by atoms with E-state index in [1.54, 1.807) is 34.5 Å². The highest BCUT2D eigenvalue weighted by atomic mass is 35.5. The molecule has 0 unspecified atom stereocenters. The van der Waals surface area contributed by atoms with Gasteiger partial charge in [-0.25, -0.2) is 14.5 Å². The number of thiazole rings is 1. The van der Waals surface area contributed by atoms with Gasteiger partial charge < -0.3 is 9.47 Å². The van der Waals surface area contributed by atoms with Crippen molar-refractivity contribution in [1.29, 1.82) is 0 Å². The first-order chi connectivity index (χ1) is 12.4. The van der Waals surface area contributed by atoms with Crippen molar-refractivity contribution in [2.24, 2.45) is 0 Å². The van der Waals surface area contributed by atoms with Gasteiger partial charge in [0.25, 0.3) is 0 Å². The van der Waals surface area contributed by atoms with Crippen LogP contribution in [0.25, 0.3) is 0 Å². The predicted octanol–water partition coefficient (Wildman–Crippen LogP) is 4.56. The molecular weight excluding hydrogens is 397 g/mol. The number of benzene rings is 1. The van der Waals surface area contributed by atoms with Crippen LogP contribution >= 0.6 is 34.5 Å². The molecule has 3 aromatic rings. The van der Waals surface area contributed by atoms with Crippen molar-refractivity contribution >= 4 is 40.5 Å². The fourth-order valence-corrected chi connectivity index (χ4v) is 3.26. The molecule has 9 heteroatoms. The van der Waals surface area contributed by atoms with Crippen LogP contribution in [-0.4, -0.2) is 27.3 Å². The Balaban J connectivity index is 1.69. The number of carbonyl (C=O) groups is 1. The lowest BCUT2D eigenvalue weighted by Gasteiger charge is -2.10. The first-order valence-electron chi connectivity index (χ1n) is 7.68. The van der Waals surface area contributed by atoms with Gasteiger partial charge in [0.1, 0.15) is 12.4 Å². The molecule has 2 aromatic heterocycles. The number of aryl methyl sites for hydroxylation is 1. The van der Waals surface area contributed by atoms with E-state index in [-0.39, 0.29) is 0 Å². The second-order valence-electron chi connectivity index (χ2n) is 5.42. The summed E-state index contributed by atoms with van der Waals surface area (Å²) < 4.78 is 12.8. The summed E-state index contributed by atoms with van der Waals surface area (Å²) in [6.45, 7) is 4.39. The average Bonchev–Trinajstić information content (AvgIpc) is 3.19.